The Morgan fingerprint density at radius 2 is 1.61 bits per heavy atom. The summed E-state index contributed by atoms with van der Waals surface area (Å²) < 4.78 is 0. The molecule has 1 aliphatic heterocycles. The molecule has 0 atom stereocenters. The number of nitrogens with one attached hydrogen (secondary N) is 1. The summed E-state index contributed by atoms with van der Waals surface area (Å²) in [4.78, 5) is 40.2. The number of urea groups is 1. The van der Waals surface area contributed by atoms with Crippen LogP contribution in [0.2, 0.25) is 0 Å². The van der Waals surface area contributed by atoms with Crippen molar-refractivity contribution in [3.05, 3.63) is 71.3 Å². The van der Waals surface area contributed by atoms with Crippen molar-refractivity contribution in [2.24, 2.45) is 0 Å². The molecule has 3 amide bonds. The molecule has 2 aromatic rings. The van der Waals surface area contributed by atoms with Gasteiger partial charge in [0, 0.05) is 50.0 Å². The number of nitrogens with zero attached hydrogens (tertiary/aromatic N) is 2. The lowest BCUT2D eigenvalue weighted by molar-refractivity contribution is 0.108. The molecule has 1 N–H and O–H groups in total. The Morgan fingerprint density at radius 1 is 0.929 bits per heavy atom. The summed E-state index contributed by atoms with van der Waals surface area (Å²) >= 11 is 0.707. The van der Waals surface area contributed by atoms with Crippen molar-refractivity contribution in [1.82, 2.24) is 15.1 Å². The molecule has 7 heteroatoms. The van der Waals surface area contributed by atoms with E-state index in [2.05, 4.69) is 5.32 Å². The Hall–Kier alpha value is -2.80. The van der Waals surface area contributed by atoms with Crippen molar-refractivity contribution in [2.45, 2.75) is 13.5 Å². The molecule has 0 saturated carbocycles. The molecule has 0 aliphatic carbocycles. The molecule has 28 heavy (non-hydrogen) atoms. The van der Waals surface area contributed by atoms with E-state index in [9.17, 15) is 14.4 Å². The number of aryl methyl sites for hydroxylation is 1. The molecular formula is C21H23N3O3S. The third kappa shape index (κ3) is 5.36. The van der Waals surface area contributed by atoms with Gasteiger partial charge in [-0.25, -0.2) is 4.79 Å². The molecule has 1 heterocycles. The van der Waals surface area contributed by atoms with Crippen molar-refractivity contribution < 1.29 is 14.4 Å². The number of hydrogen-bond donors (Lipinski definition) is 1. The van der Waals surface area contributed by atoms with Gasteiger partial charge in [0.1, 0.15) is 0 Å². The van der Waals surface area contributed by atoms with Gasteiger partial charge in [0.25, 0.3) is 5.24 Å². The minimum Gasteiger partial charge on any atom is -0.334 e. The van der Waals surface area contributed by atoms with Gasteiger partial charge < -0.3 is 15.1 Å². The number of rotatable bonds is 3. The molecular weight excluding hydrogens is 374 g/mol. The second-order valence-electron chi connectivity index (χ2n) is 6.64. The zero-order valence-electron chi connectivity index (χ0n) is 15.8. The van der Waals surface area contributed by atoms with E-state index in [1.165, 1.54) is 0 Å². The molecule has 1 aliphatic rings. The Bertz CT molecular complexity index is 849. The van der Waals surface area contributed by atoms with Crippen LogP contribution in [0.3, 0.4) is 0 Å². The zero-order chi connectivity index (χ0) is 19.9. The van der Waals surface area contributed by atoms with Gasteiger partial charge in [-0.1, -0.05) is 60.2 Å². The smallest absolute Gasteiger partial charge is 0.317 e. The van der Waals surface area contributed by atoms with E-state index in [-0.39, 0.29) is 16.4 Å². The van der Waals surface area contributed by atoms with Gasteiger partial charge in [-0.05, 0) is 12.5 Å². The van der Waals surface area contributed by atoms with E-state index in [1.54, 1.807) is 34.1 Å². The van der Waals surface area contributed by atoms with Gasteiger partial charge >= 0.3 is 6.03 Å². The first-order chi connectivity index (χ1) is 13.5. The van der Waals surface area contributed by atoms with Crippen LogP contribution in [0, 0.1) is 6.92 Å². The normalized spacial score (nSPS) is 13.9. The molecule has 1 fully saturated rings. The van der Waals surface area contributed by atoms with Crippen molar-refractivity contribution in [3.63, 3.8) is 0 Å². The van der Waals surface area contributed by atoms with E-state index in [4.69, 9.17) is 0 Å². The summed E-state index contributed by atoms with van der Waals surface area (Å²) in [7, 11) is 0. The third-order valence-corrected chi connectivity index (χ3v) is 5.39. The molecule has 146 valence electrons. The lowest BCUT2D eigenvalue weighted by Crippen LogP contribution is -2.52. The van der Waals surface area contributed by atoms with Gasteiger partial charge in [0.05, 0.1) is 0 Å². The third-order valence-electron chi connectivity index (χ3n) is 4.54. The van der Waals surface area contributed by atoms with Crippen molar-refractivity contribution in [3.8, 4) is 0 Å². The molecule has 0 unspecified atom stereocenters. The van der Waals surface area contributed by atoms with Crippen LogP contribution in [0.15, 0.2) is 54.6 Å². The standard InChI is InChI=1S/C21H23N3O3S/c1-16-6-5-7-17(14-16)15-22-20(26)23-10-12-24(13-11-23)21(27)28-19(25)18-8-3-2-4-9-18/h2-9,14H,10-13,15H2,1H3,(H,22,26). The van der Waals surface area contributed by atoms with E-state index < -0.39 is 0 Å². The summed E-state index contributed by atoms with van der Waals surface area (Å²) in [5, 5.41) is 2.39. The Labute approximate surface area is 168 Å². The van der Waals surface area contributed by atoms with Gasteiger partial charge in [-0.15, -0.1) is 0 Å². The zero-order valence-corrected chi connectivity index (χ0v) is 16.6. The van der Waals surface area contributed by atoms with E-state index in [1.807, 2.05) is 37.3 Å². The monoisotopic (exact) mass is 397 g/mol. The van der Waals surface area contributed by atoms with E-state index >= 15 is 0 Å². The number of carbonyl (C=O) groups excluding carboxylic acids is 3. The maximum absolute atomic E-state index is 12.3. The number of benzene rings is 2. The largest absolute Gasteiger partial charge is 0.334 e. The van der Waals surface area contributed by atoms with Crippen LogP contribution in [-0.4, -0.2) is 52.4 Å². The Balaban J connectivity index is 1.44. The second-order valence-corrected chi connectivity index (χ2v) is 7.57. The molecule has 0 aromatic heterocycles. The van der Waals surface area contributed by atoms with Gasteiger partial charge in [0.15, 0.2) is 0 Å². The van der Waals surface area contributed by atoms with Crippen LogP contribution < -0.4 is 5.32 Å². The number of amides is 3. The molecule has 0 radical (unpaired) electrons. The fraction of sp³-hybridized carbons (Fsp3) is 0.286. The van der Waals surface area contributed by atoms with Crippen molar-refractivity contribution in [1.29, 1.82) is 0 Å². The lowest BCUT2D eigenvalue weighted by Gasteiger charge is -2.34. The van der Waals surface area contributed by atoms with E-state index in [0.717, 1.165) is 11.1 Å². The number of piperazine rings is 1. The summed E-state index contributed by atoms with van der Waals surface area (Å²) in [6.45, 7) is 4.23. The predicted octanol–water partition coefficient (Wildman–Crippen LogP) is 3.52. The molecule has 0 spiro atoms. The summed E-state index contributed by atoms with van der Waals surface area (Å²) in [5.41, 5.74) is 2.72. The highest BCUT2D eigenvalue weighted by molar-refractivity contribution is 8.26. The number of thioether (sulfide) groups is 1. The molecule has 6 nitrogen and oxygen atoms in total. The fourth-order valence-electron chi connectivity index (χ4n) is 2.98. The number of carbonyl (C=O) groups is 3. The fourth-order valence-corrected chi connectivity index (χ4v) is 3.70. The lowest BCUT2D eigenvalue weighted by atomic mass is 10.1. The van der Waals surface area contributed by atoms with Crippen LogP contribution in [0.1, 0.15) is 21.5 Å². The maximum Gasteiger partial charge on any atom is 0.317 e. The molecule has 2 aromatic carbocycles. The van der Waals surface area contributed by atoms with Crippen molar-refractivity contribution in [2.75, 3.05) is 26.2 Å². The Morgan fingerprint density at radius 3 is 2.29 bits per heavy atom. The first kappa shape index (κ1) is 19.9. The van der Waals surface area contributed by atoms with Crippen LogP contribution >= 0.6 is 11.8 Å². The van der Waals surface area contributed by atoms with Crippen molar-refractivity contribution >= 4 is 28.1 Å². The summed E-state index contributed by atoms with van der Waals surface area (Å²) in [6.07, 6.45) is 0. The molecule has 3 rings (SSSR count). The van der Waals surface area contributed by atoms with Crippen LogP contribution in [0.25, 0.3) is 0 Å². The summed E-state index contributed by atoms with van der Waals surface area (Å²) in [5.74, 6) is 0. The highest BCUT2D eigenvalue weighted by Gasteiger charge is 2.26. The quantitative estimate of drug-likeness (QED) is 0.860. The van der Waals surface area contributed by atoms with Gasteiger partial charge in [0.2, 0.25) is 5.12 Å². The average Bonchev–Trinajstić information content (AvgIpc) is 2.72. The minimum absolute atomic E-state index is 0.137. The van der Waals surface area contributed by atoms with Gasteiger partial charge in [-0.3, -0.25) is 9.59 Å². The predicted molar refractivity (Wildman–Crippen MR) is 110 cm³/mol. The second kappa shape index (κ2) is 9.41. The minimum atomic E-state index is -0.270. The van der Waals surface area contributed by atoms with E-state index in [0.29, 0.717) is 50.0 Å². The Kier molecular flexibility index (Phi) is 6.71. The average molecular weight is 398 g/mol. The first-order valence-corrected chi connectivity index (χ1v) is 9.99. The topological polar surface area (TPSA) is 69.7 Å². The SMILES string of the molecule is Cc1cccc(CNC(=O)N2CCN(C(=O)SC(=O)c3ccccc3)CC2)c1. The van der Waals surface area contributed by atoms with Crippen LogP contribution in [0.5, 0.6) is 0 Å². The summed E-state index contributed by atoms with van der Waals surface area (Å²) in [6, 6.07) is 16.6. The van der Waals surface area contributed by atoms with Gasteiger partial charge in [-0.2, -0.15) is 0 Å². The highest BCUT2D eigenvalue weighted by Crippen LogP contribution is 2.17. The van der Waals surface area contributed by atoms with Crippen LogP contribution in [-0.2, 0) is 6.54 Å². The molecule has 0 bridgehead atoms. The highest BCUT2D eigenvalue weighted by atomic mass is 32.2. The molecule has 1 saturated heterocycles. The van der Waals surface area contributed by atoms with Crippen LogP contribution in [0.4, 0.5) is 9.59 Å². The number of hydrogen-bond acceptors (Lipinski definition) is 4. The first-order valence-electron chi connectivity index (χ1n) is 9.17. The maximum atomic E-state index is 12.3.